The number of ether oxygens (including phenoxy) is 2. The standard InChI is InChI=1S/C23H21N5O4S/c1-4-31-16-7-9-17(10-8-16)32-13-21(29)25-20-12-18(19-6-5-11-33-19)27-28(20)23-24-15(3)14(2)22(30)26-23/h5-12H,2,4,13H2,1,3H3,(H,25,29). The molecule has 0 fully saturated rings. The van der Waals surface area contributed by atoms with Crippen molar-refractivity contribution < 1.29 is 19.1 Å². The smallest absolute Gasteiger partial charge is 0.281 e. The zero-order valence-electron chi connectivity index (χ0n) is 18.1. The Bertz CT molecular complexity index is 1260. The summed E-state index contributed by atoms with van der Waals surface area (Å²) < 4.78 is 12.3. The number of nitrogens with zero attached hydrogens (tertiary/aromatic N) is 4. The zero-order chi connectivity index (χ0) is 23.4. The highest BCUT2D eigenvalue weighted by molar-refractivity contribution is 7.13. The van der Waals surface area contributed by atoms with Crippen molar-refractivity contribution in [3.05, 3.63) is 60.0 Å². The number of amides is 2. The lowest BCUT2D eigenvalue weighted by atomic mass is 10.2. The summed E-state index contributed by atoms with van der Waals surface area (Å²) in [5.41, 5.74) is 1.27. The van der Waals surface area contributed by atoms with Crippen molar-refractivity contribution in [1.29, 1.82) is 0 Å². The lowest BCUT2D eigenvalue weighted by molar-refractivity contribution is -0.118. The van der Waals surface area contributed by atoms with Gasteiger partial charge >= 0.3 is 0 Å². The SMILES string of the molecule is C=C1C(=O)N=C(n2nc(-c3cccs3)cc2NC(=O)COc2ccc(OCC)cc2)N=C1C. The van der Waals surface area contributed by atoms with E-state index in [-0.39, 0.29) is 18.1 Å². The van der Waals surface area contributed by atoms with E-state index in [9.17, 15) is 9.59 Å². The third kappa shape index (κ3) is 5.07. The first-order chi connectivity index (χ1) is 15.9. The van der Waals surface area contributed by atoms with Gasteiger partial charge in [-0.2, -0.15) is 14.8 Å². The van der Waals surface area contributed by atoms with Crippen LogP contribution in [-0.2, 0) is 9.59 Å². The van der Waals surface area contributed by atoms with E-state index in [1.807, 2.05) is 24.4 Å². The number of thiophene rings is 1. The minimum Gasteiger partial charge on any atom is -0.494 e. The fourth-order valence-electron chi connectivity index (χ4n) is 2.94. The molecule has 0 saturated carbocycles. The molecule has 1 aromatic carbocycles. The van der Waals surface area contributed by atoms with Crippen LogP contribution in [0.2, 0.25) is 0 Å². The molecule has 0 atom stereocenters. The monoisotopic (exact) mass is 463 g/mol. The number of rotatable bonds is 7. The fourth-order valence-corrected chi connectivity index (χ4v) is 3.63. The Hall–Kier alpha value is -4.05. The maximum Gasteiger partial charge on any atom is 0.281 e. The Morgan fingerprint density at radius 1 is 1.15 bits per heavy atom. The van der Waals surface area contributed by atoms with E-state index in [1.165, 1.54) is 16.0 Å². The largest absolute Gasteiger partial charge is 0.494 e. The van der Waals surface area contributed by atoms with Crippen LogP contribution in [-0.4, -0.2) is 46.5 Å². The number of carbonyl (C=O) groups is 2. The first kappa shape index (κ1) is 22.2. The van der Waals surface area contributed by atoms with Crippen LogP contribution in [0.25, 0.3) is 10.6 Å². The third-order valence-electron chi connectivity index (χ3n) is 4.61. The van der Waals surface area contributed by atoms with Gasteiger partial charge in [-0.25, -0.2) is 4.99 Å². The minimum absolute atomic E-state index is 0.0513. The van der Waals surface area contributed by atoms with Crippen molar-refractivity contribution >= 4 is 40.6 Å². The third-order valence-corrected chi connectivity index (χ3v) is 5.50. The van der Waals surface area contributed by atoms with Crippen LogP contribution in [0.3, 0.4) is 0 Å². The molecule has 33 heavy (non-hydrogen) atoms. The fraction of sp³-hybridized carbons (Fsp3) is 0.174. The van der Waals surface area contributed by atoms with Gasteiger partial charge in [-0.3, -0.25) is 9.59 Å². The van der Waals surface area contributed by atoms with E-state index in [1.54, 1.807) is 37.3 Å². The van der Waals surface area contributed by atoms with E-state index in [0.717, 1.165) is 10.6 Å². The summed E-state index contributed by atoms with van der Waals surface area (Å²) in [7, 11) is 0. The van der Waals surface area contributed by atoms with Gasteiger partial charge in [0.15, 0.2) is 6.61 Å². The van der Waals surface area contributed by atoms with Gasteiger partial charge in [-0.1, -0.05) is 12.6 Å². The predicted octanol–water partition coefficient (Wildman–Crippen LogP) is 3.79. The Labute approximate surface area is 194 Å². The highest BCUT2D eigenvalue weighted by Gasteiger charge is 2.22. The maximum absolute atomic E-state index is 12.6. The molecule has 0 spiro atoms. The van der Waals surface area contributed by atoms with Crippen LogP contribution < -0.4 is 14.8 Å². The van der Waals surface area contributed by atoms with Crippen LogP contribution in [0.5, 0.6) is 11.5 Å². The first-order valence-electron chi connectivity index (χ1n) is 10.1. The number of hydrogen-bond donors (Lipinski definition) is 1. The summed E-state index contributed by atoms with van der Waals surface area (Å²) in [6.45, 7) is 7.60. The van der Waals surface area contributed by atoms with Crippen molar-refractivity contribution in [3.63, 3.8) is 0 Å². The number of hydrogen-bond acceptors (Lipinski definition) is 7. The topological polar surface area (TPSA) is 107 Å². The molecule has 2 aromatic heterocycles. The number of nitrogens with one attached hydrogen (secondary N) is 1. The van der Waals surface area contributed by atoms with E-state index in [0.29, 0.717) is 29.6 Å². The molecule has 168 valence electrons. The first-order valence-corrected chi connectivity index (χ1v) is 11.0. The van der Waals surface area contributed by atoms with Gasteiger partial charge in [0, 0.05) is 6.07 Å². The Morgan fingerprint density at radius 2 is 1.88 bits per heavy atom. The molecule has 0 aliphatic carbocycles. The Kier molecular flexibility index (Phi) is 6.45. The molecule has 1 aliphatic rings. The molecule has 2 amide bonds. The van der Waals surface area contributed by atoms with Crippen LogP contribution in [0, 0.1) is 0 Å². The molecule has 10 heteroatoms. The number of carbonyl (C=O) groups excluding carboxylic acids is 2. The minimum atomic E-state index is -0.498. The van der Waals surface area contributed by atoms with Gasteiger partial charge in [0.25, 0.3) is 17.8 Å². The molecular formula is C23H21N5O4S. The van der Waals surface area contributed by atoms with Crippen LogP contribution >= 0.6 is 11.3 Å². The summed E-state index contributed by atoms with van der Waals surface area (Å²) in [6, 6.07) is 12.5. The highest BCUT2D eigenvalue weighted by Crippen LogP contribution is 2.27. The zero-order valence-corrected chi connectivity index (χ0v) is 18.9. The average Bonchev–Trinajstić information content (AvgIpc) is 3.47. The summed E-state index contributed by atoms with van der Waals surface area (Å²) in [5.74, 6) is 0.713. The Balaban J connectivity index is 1.53. The average molecular weight is 464 g/mol. The van der Waals surface area contributed by atoms with Gasteiger partial charge < -0.3 is 14.8 Å². The van der Waals surface area contributed by atoms with Gasteiger partial charge in [-0.05, 0) is 49.6 Å². The van der Waals surface area contributed by atoms with Crippen molar-refractivity contribution in [2.24, 2.45) is 9.98 Å². The molecule has 0 bridgehead atoms. The normalized spacial score (nSPS) is 13.4. The van der Waals surface area contributed by atoms with E-state index < -0.39 is 11.8 Å². The summed E-state index contributed by atoms with van der Waals surface area (Å²) in [6.07, 6.45) is 0. The van der Waals surface area contributed by atoms with Gasteiger partial charge in [0.1, 0.15) is 23.0 Å². The number of aliphatic imine (C=N–C) groups is 2. The second kappa shape index (κ2) is 9.61. The van der Waals surface area contributed by atoms with Crippen LogP contribution in [0.15, 0.2) is 70.0 Å². The molecule has 3 heterocycles. The lowest BCUT2D eigenvalue weighted by Gasteiger charge is -2.13. The van der Waals surface area contributed by atoms with Gasteiger partial charge in [-0.15, -0.1) is 11.3 Å². The van der Waals surface area contributed by atoms with Crippen LogP contribution in [0.4, 0.5) is 5.82 Å². The van der Waals surface area contributed by atoms with Gasteiger partial charge in [0.2, 0.25) is 0 Å². The molecule has 4 rings (SSSR count). The van der Waals surface area contributed by atoms with Crippen molar-refractivity contribution in [1.82, 2.24) is 9.78 Å². The molecule has 0 radical (unpaired) electrons. The molecule has 9 nitrogen and oxygen atoms in total. The van der Waals surface area contributed by atoms with Crippen molar-refractivity contribution in [3.8, 4) is 22.1 Å². The molecule has 3 aromatic rings. The number of anilines is 1. The maximum atomic E-state index is 12.6. The second-order valence-corrected chi connectivity index (χ2v) is 7.89. The molecule has 0 unspecified atom stereocenters. The molecule has 1 aliphatic heterocycles. The predicted molar refractivity (Wildman–Crippen MR) is 127 cm³/mol. The van der Waals surface area contributed by atoms with E-state index >= 15 is 0 Å². The lowest BCUT2D eigenvalue weighted by Crippen LogP contribution is -2.27. The summed E-state index contributed by atoms with van der Waals surface area (Å²) in [4.78, 5) is 33.9. The molecule has 1 N–H and O–H groups in total. The number of aromatic nitrogens is 2. The van der Waals surface area contributed by atoms with E-state index in [4.69, 9.17) is 9.47 Å². The van der Waals surface area contributed by atoms with E-state index in [2.05, 4.69) is 27.0 Å². The molecular weight excluding hydrogens is 442 g/mol. The summed E-state index contributed by atoms with van der Waals surface area (Å²) in [5, 5.41) is 9.19. The van der Waals surface area contributed by atoms with Crippen molar-refractivity contribution in [2.45, 2.75) is 13.8 Å². The van der Waals surface area contributed by atoms with Crippen LogP contribution in [0.1, 0.15) is 13.8 Å². The molecule has 0 saturated heterocycles. The summed E-state index contributed by atoms with van der Waals surface area (Å²) >= 11 is 1.50. The Morgan fingerprint density at radius 3 is 2.52 bits per heavy atom. The second-order valence-electron chi connectivity index (χ2n) is 6.94. The highest BCUT2D eigenvalue weighted by atomic mass is 32.1. The van der Waals surface area contributed by atoms with Crippen molar-refractivity contribution in [2.75, 3.05) is 18.5 Å². The quantitative estimate of drug-likeness (QED) is 0.537. The number of benzene rings is 1. The van der Waals surface area contributed by atoms with Gasteiger partial charge in [0.05, 0.1) is 22.8 Å².